The zero-order valence-corrected chi connectivity index (χ0v) is 12.1. The molecule has 0 aliphatic heterocycles. The first-order valence-electron chi connectivity index (χ1n) is 6.24. The molecule has 0 N–H and O–H groups in total. The van der Waals surface area contributed by atoms with Crippen LogP contribution in [0, 0.1) is 5.41 Å². The fraction of sp³-hybridized carbons (Fsp3) is 0.846. The number of carbonyl (C=O) groups excluding carboxylic acids is 2. The van der Waals surface area contributed by atoms with E-state index in [2.05, 4.69) is 4.74 Å². The minimum Gasteiger partial charge on any atom is -0.469 e. The van der Waals surface area contributed by atoms with Gasteiger partial charge in [0, 0.05) is 25.6 Å². The van der Waals surface area contributed by atoms with Crippen molar-refractivity contribution in [3.05, 3.63) is 0 Å². The molecule has 1 amide bonds. The molecule has 0 radical (unpaired) electrons. The summed E-state index contributed by atoms with van der Waals surface area (Å²) in [5.74, 6) is -0.259. The van der Waals surface area contributed by atoms with Crippen LogP contribution in [0.4, 0.5) is 0 Å². The van der Waals surface area contributed by atoms with Crippen LogP contribution in [0.3, 0.4) is 0 Å². The molecule has 0 aliphatic carbocycles. The van der Waals surface area contributed by atoms with E-state index in [1.165, 1.54) is 7.11 Å². The zero-order valence-electron chi connectivity index (χ0n) is 12.1. The average molecular weight is 259 g/mol. The molecule has 0 aromatic carbocycles. The highest BCUT2D eigenvalue weighted by Crippen LogP contribution is 2.23. The summed E-state index contributed by atoms with van der Waals surface area (Å²) in [6.07, 6.45) is 0.972. The molecular formula is C13H25NO4. The van der Waals surface area contributed by atoms with Crippen molar-refractivity contribution in [1.82, 2.24) is 4.90 Å². The van der Waals surface area contributed by atoms with Gasteiger partial charge in [0.2, 0.25) is 5.91 Å². The maximum Gasteiger partial charge on any atom is 0.307 e. The maximum atomic E-state index is 12.3. The smallest absolute Gasteiger partial charge is 0.307 e. The topological polar surface area (TPSA) is 55.8 Å². The summed E-state index contributed by atoms with van der Waals surface area (Å²) in [4.78, 5) is 25.1. The van der Waals surface area contributed by atoms with E-state index in [1.54, 1.807) is 12.0 Å². The quantitative estimate of drug-likeness (QED) is 0.619. The number of ether oxygens (including phenoxy) is 2. The third-order valence-corrected chi connectivity index (χ3v) is 3.13. The molecule has 0 aliphatic rings. The Balaban J connectivity index is 4.56. The van der Waals surface area contributed by atoms with Crippen LogP contribution in [0.25, 0.3) is 0 Å². The first-order chi connectivity index (χ1) is 8.38. The lowest BCUT2D eigenvalue weighted by Crippen LogP contribution is -2.43. The van der Waals surface area contributed by atoms with E-state index in [1.807, 2.05) is 20.8 Å². The van der Waals surface area contributed by atoms with Crippen molar-refractivity contribution >= 4 is 11.9 Å². The van der Waals surface area contributed by atoms with Crippen molar-refractivity contribution in [2.24, 2.45) is 5.41 Å². The van der Waals surface area contributed by atoms with Gasteiger partial charge in [-0.2, -0.15) is 0 Å². The second kappa shape index (κ2) is 8.08. The van der Waals surface area contributed by atoms with Gasteiger partial charge in [0.15, 0.2) is 0 Å². The third kappa shape index (κ3) is 5.49. The van der Waals surface area contributed by atoms with Gasteiger partial charge in [-0.05, 0) is 6.42 Å². The van der Waals surface area contributed by atoms with Crippen LogP contribution in [0.15, 0.2) is 0 Å². The van der Waals surface area contributed by atoms with Crippen LogP contribution in [0.5, 0.6) is 0 Å². The van der Waals surface area contributed by atoms with Crippen molar-refractivity contribution in [1.29, 1.82) is 0 Å². The Morgan fingerprint density at radius 2 is 1.78 bits per heavy atom. The van der Waals surface area contributed by atoms with Crippen molar-refractivity contribution in [3.63, 3.8) is 0 Å². The predicted octanol–water partition coefficient (Wildman–Crippen LogP) is 1.46. The van der Waals surface area contributed by atoms with E-state index >= 15 is 0 Å². The van der Waals surface area contributed by atoms with Gasteiger partial charge in [-0.25, -0.2) is 0 Å². The van der Waals surface area contributed by atoms with Crippen LogP contribution in [-0.4, -0.2) is 50.7 Å². The minimum absolute atomic E-state index is 0.0472. The SMILES string of the molecule is CCC(C)(C)C(=O)N(CCOC)CCC(=O)OC. The minimum atomic E-state index is -0.413. The highest BCUT2D eigenvalue weighted by Gasteiger charge is 2.30. The van der Waals surface area contributed by atoms with Gasteiger partial charge in [0.1, 0.15) is 0 Å². The van der Waals surface area contributed by atoms with E-state index in [0.29, 0.717) is 19.7 Å². The summed E-state index contributed by atoms with van der Waals surface area (Å²) in [6.45, 7) is 7.13. The molecule has 0 bridgehead atoms. The van der Waals surface area contributed by atoms with Gasteiger partial charge in [-0.3, -0.25) is 9.59 Å². The zero-order chi connectivity index (χ0) is 14.2. The summed E-state index contributed by atoms with van der Waals surface area (Å²) in [5.41, 5.74) is -0.413. The Bertz CT molecular complexity index is 276. The number of methoxy groups -OCH3 is 2. The number of hydrogen-bond acceptors (Lipinski definition) is 4. The number of rotatable bonds is 8. The Hall–Kier alpha value is -1.10. The first-order valence-corrected chi connectivity index (χ1v) is 6.24. The lowest BCUT2D eigenvalue weighted by molar-refractivity contribution is -0.144. The van der Waals surface area contributed by atoms with Gasteiger partial charge < -0.3 is 14.4 Å². The van der Waals surface area contributed by atoms with Crippen LogP contribution in [0.2, 0.25) is 0 Å². The van der Waals surface area contributed by atoms with E-state index in [4.69, 9.17) is 4.74 Å². The average Bonchev–Trinajstić information content (AvgIpc) is 2.37. The molecule has 0 spiro atoms. The highest BCUT2D eigenvalue weighted by atomic mass is 16.5. The summed E-state index contributed by atoms with van der Waals surface area (Å²) in [6, 6.07) is 0. The largest absolute Gasteiger partial charge is 0.469 e. The van der Waals surface area contributed by atoms with E-state index in [9.17, 15) is 9.59 Å². The summed E-state index contributed by atoms with van der Waals surface area (Å²) < 4.78 is 9.58. The van der Waals surface area contributed by atoms with Crippen molar-refractivity contribution in [3.8, 4) is 0 Å². The summed E-state index contributed by atoms with van der Waals surface area (Å²) in [5, 5.41) is 0. The number of esters is 1. The molecule has 0 heterocycles. The third-order valence-electron chi connectivity index (χ3n) is 3.13. The number of carbonyl (C=O) groups is 2. The molecule has 0 fully saturated rings. The molecule has 0 rings (SSSR count). The number of hydrogen-bond donors (Lipinski definition) is 0. The molecule has 5 heteroatoms. The van der Waals surface area contributed by atoms with Crippen molar-refractivity contribution in [2.45, 2.75) is 33.6 Å². The molecular weight excluding hydrogens is 234 g/mol. The summed E-state index contributed by atoms with van der Waals surface area (Å²) >= 11 is 0. The van der Waals surface area contributed by atoms with Gasteiger partial charge in [0.25, 0.3) is 0 Å². The Labute approximate surface area is 109 Å². The van der Waals surface area contributed by atoms with Gasteiger partial charge in [-0.15, -0.1) is 0 Å². The summed E-state index contributed by atoms with van der Waals surface area (Å²) in [7, 11) is 2.94. The lowest BCUT2D eigenvalue weighted by atomic mass is 9.88. The van der Waals surface area contributed by atoms with Crippen LogP contribution < -0.4 is 0 Å². The van der Waals surface area contributed by atoms with Crippen LogP contribution in [-0.2, 0) is 19.1 Å². The number of nitrogens with zero attached hydrogens (tertiary/aromatic N) is 1. The predicted molar refractivity (Wildman–Crippen MR) is 69.2 cm³/mol. The van der Waals surface area contributed by atoms with E-state index < -0.39 is 5.41 Å². The molecule has 18 heavy (non-hydrogen) atoms. The van der Waals surface area contributed by atoms with Crippen molar-refractivity contribution in [2.75, 3.05) is 33.9 Å². The van der Waals surface area contributed by atoms with Crippen LogP contribution >= 0.6 is 0 Å². The molecule has 0 atom stereocenters. The maximum absolute atomic E-state index is 12.3. The molecule has 0 unspecified atom stereocenters. The van der Waals surface area contributed by atoms with E-state index in [-0.39, 0.29) is 18.3 Å². The van der Waals surface area contributed by atoms with E-state index in [0.717, 1.165) is 6.42 Å². The second-order valence-corrected chi connectivity index (χ2v) is 4.85. The number of amides is 1. The second-order valence-electron chi connectivity index (χ2n) is 4.85. The monoisotopic (exact) mass is 259 g/mol. The molecule has 0 aromatic heterocycles. The molecule has 5 nitrogen and oxygen atoms in total. The van der Waals surface area contributed by atoms with Gasteiger partial charge in [-0.1, -0.05) is 20.8 Å². The first kappa shape index (κ1) is 16.9. The fourth-order valence-electron chi connectivity index (χ4n) is 1.42. The molecule has 106 valence electrons. The lowest BCUT2D eigenvalue weighted by Gasteiger charge is -2.31. The molecule has 0 saturated carbocycles. The molecule has 0 saturated heterocycles. The Kier molecular flexibility index (Phi) is 7.59. The van der Waals surface area contributed by atoms with Crippen LogP contribution in [0.1, 0.15) is 33.6 Å². The Morgan fingerprint density at radius 3 is 2.22 bits per heavy atom. The Morgan fingerprint density at radius 1 is 1.17 bits per heavy atom. The standard InChI is InChI=1S/C13H25NO4/c1-6-13(2,3)12(16)14(9-10-17-4)8-7-11(15)18-5/h6-10H2,1-5H3. The van der Waals surface area contributed by atoms with Gasteiger partial charge in [0.05, 0.1) is 20.1 Å². The normalized spacial score (nSPS) is 11.2. The highest BCUT2D eigenvalue weighted by molar-refractivity contribution is 5.82. The fourth-order valence-corrected chi connectivity index (χ4v) is 1.42. The molecule has 0 aromatic rings. The van der Waals surface area contributed by atoms with Gasteiger partial charge >= 0.3 is 5.97 Å². The van der Waals surface area contributed by atoms with Crippen molar-refractivity contribution < 1.29 is 19.1 Å².